The molecule has 0 aromatic heterocycles. The SMILES string of the molecule is C=CCCCC(O)c1cc(C)cc(F)c1. The van der Waals surface area contributed by atoms with E-state index < -0.39 is 6.10 Å². The van der Waals surface area contributed by atoms with Crippen molar-refractivity contribution in [2.45, 2.75) is 32.3 Å². The molecule has 0 radical (unpaired) electrons. The van der Waals surface area contributed by atoms with Crippen LogP contribution in [0.3, 0.4) is 0 Å². The molecule has 0 aliphatic carbocycles. The molecule has 0 heterocycles. The number of allylic oxidation sites excluding steroid dienone is 1. The number of halogens is 1. The fourth-order valence-corrected chi connectivity index (χ4v) is 1.58. The minimum absolute atomic E-state index is 0.284. The van der Waals surface area contributed by atoms with E-state index in [1.54, 1.807) is 0 Å². The molecule has 0 saturated carbocycles. The van der Waals surface area contributed by atoms with Gasteiger partial charge in [0.25, 0.3) is 0 Å². The summed E-state index contributed by atoms with van der Waals surface area (Å²) in [4.78, 5) is 0. The second-order valence-electron chi connectivity index (χ2n) is 3.80. The van der Waals surface area contributed by atoms with Crippen molar-refractivity contribution in [1.29, 1.82) is 0 Å². The van der Waals surface area contributed by atoms with Gasteiger partial charge in [0.2, 0.25) is 0 Å². The van der Waals surface area contributed by atoms with Gasteiger partial charge in [-0.1, -0.05) is 12.1 Å². The summed E-state index contributed by atoms with van der Waals surface area (Å²) in [6, 6.07) is 4.67. The van der Waals surface area contributed by atoms with E-state index in [2.05, 4.69) is 6.58 Å². The van der Waals surface area contributed by atoms with E-state index >= 15 is 0 Å². The summed E-state index contributed by atoms with van der Waals surface area (Å²) in [6.07, 6.45) is 3.66. The topological polar surface area (TPSA) is 20.2 Å². The molecular formula is C13H17FO. The number of hydrogen-bond acceptors (Lipinski definition) is 1. The fraction of sp³-hybridized carbons (Fsp3) is 0.385. The molecule has 1 aromatic rings. The third-order valence-electron chi connectivity index (χ3n) is 2.34. The second-order valence-corrected chi connectivity index (χ2v) is 3.80. The van der Waals surface area contributed by atoms with Gasteiger partial charge in [-0.3, -0.25) is 0 Å². The van der Waals surface area contributed by atoms with Crippen molar-refractivity contribution in [3.63, 3.8) is 0 Å². The van der Waals surface area contributed by atoms with Gasteiger partial charge < -0.3 is 5.11 Å². The average molecular weight is 208 g/mol. The normalized spacial score (nSPS) is 12.5. The van der Waals surface area contributed by atoms with Gasteiger partial charge in [-0.05, 0) is 49.4 Å². The minimum Gasteiger partial charge on any atom is -0.388 e. The van der Waals surface area contributed by atoms with Gasteiger partial charge >= 0.3 is 0 Å². The van der Waals surface area contributed by atoms with Gasteiger partial charge in [0.05, 0.1) is 6.10 Å². The van der Waals surface area contributed by atoms with Crippen molar-refractivity contribution in [2.24, 2.45) is 0 Å². The highest BCUT2D eigenvalue weighted by molar-refractivity contribution is 5.25. The molecule has 0 spiro atoms. The lowest BCUT2D eigenvalue weighted by Crippen LogP contribution is -1.98. The van der Waals surface area contributed by atoms with Gasteiger partial charge in [0.15, 0.2) is 0 Å². The maximum absolute atomic E-state index is 13.0. The molecule has 0 aliphatic heterocycles. The average Bonchev–Trinajstić information content (AvgIpc) is 2.16. The lowest BCUT2D eigenvalue weighted by molar-refractivity contribution is 0.164. The van der Waals surface area contributed by atoms with E-state index in [1.807, 2.05) is 19.1 Å². The molecule has 0 fully saturated rings. The van der Waals surface area contributed by atoms with E-state index in [9.17, 15) is 9.50 Å². The number of aliphatic hydroxyl groups is 1. The van der Waals surface area contributed by atoms with Crippen LogP contribution < -0.4 is 0 Å². The zero-order chi connectivity index (χ0) is 11.3. The lowest BCUT2D eigenvalue weighted by Gasteiger charge is -2.11. The summed E-state index contributed by atoms with van der Waals surface area (Å²) in [7, 11) is 0. The number of aryl methyl sites for hydroxylation is 1. The zero-order valence-corrected chi connectivity index (χ0v) is 9.04. The Kier molecular flexibility index (Phi) is 4.50. The predicted molar refractivity (Wildman–Crippen MR) is 60.1 cm³/mol. The van der Waals surface area contributed by atoms with Crippen molar-refractivity contribution in [2.75, 3.05) is 0 Å². The smallest absolute Gasteiger partial charge is 0.123 e. The van der Waals surface area contributed by atoms with Crippen LogP contribution in [0.2, 0.25) is 0 Å². The lowest BCUT2D eigenvalue weighted by atomic mass is 10.0. The number of unbranched alkanes of at least 4 members (excludes halogenated alkanes) is 1. The van der Waals surface area contributed by atoms with E-state index in [-0.39, 0.29) is 5.82 Å². The van der Waals surface area contributed by atoms with Crippen molar-refractivity contribution < 1.29 is 9.50 Å². The maximum atomic E-state index is 13.0. The van der Waals surface area contributed by atoms with Crippen LogP contribution in [-0.2, 0) is 0 Å². The van der Waals surface area contributed by atoms with Crippen molar-refractivity contribution >= 4 is 0 Å². The molecule has 1 unspecified atom stereocenters. The monoisotopic (exact) mass is 208 g/mol. The van der Waals surface area contributed by atoms with Crippen LogP contribution in [0.4, 0.5) is 4.39 Å². The summed E-state index contributed by atoms with van der Waals surface area (Å²) < 4.78 is 13.0. The molecule has 1 N–H and O–H groups in total. The summed E-state index contributed by atoms with van der Waals surface area (Å²) in [5, 5.41) is 9.80. The number of aliphatic hydroxyl groups excluding tert-OH is 1. The molecule has 82 valence electrons. The Bertz CT molecular complexity index is 313. The van der Waals surface area contributed by atoms with E-state index in [0.29, 0.717) is 12.0 Å². The van der Waals surface area contributed by atoms with Gasteiger partial charge in [0, 0.05) is 0 Å². The van der Waals surface area contributed by atoms with Crippen LogP contribution in [0.25, 0.3) is 0 Å². The van der Waals surface area contributed by atoms with Crippen LogP contribution >= 0.6 is 0 Å². The van der Waals surface area contributed by atoms with E-state index in [4.69, 9.17) is 0 Å². The third kappa shape index (κ3) is 3.84. The van der Waals surface area contributed by atoms with Crippen LogP contribution in [0.1, 0.15) is 36.5 Å². The Labute approximate surface area is 90.3 Å². The van der Waals surface area contributed by atoms with Crippen LogP contribution in [-0.4, -0.2) is 5.11 Å². The first-order valence-electron chi connectivity index (χ1n) is 5.19. The van der Waals surface area contributed by atoms with Gasteiger partial charge in [-0.15, -0.1) is 6.58 Å². The first-order valence-corrected chi connectivity index (χ1v) is 5.19. The largest absolute Gasteiger partial charge is 0.388 e. The van der Waals surface area contributed by atoms with Gasteiger partial charge in [-0.25, -0.2) is 4.39 Å². The van der Waals surface area contributed by atoms with Crippen LogP contribution in [0.5, 0.6) is 0 Å². The molecule has 0 saturated heterocycles. The molecule has 1 atom stereocenters. The maximum Gasteiger partial charge on any atom is 0.123 e. The molecule has 0 aliphatic rings. The number of hydrogen-bond donors (Lipinski definition) is 1. The molecular weight excluding hydrogens is 191 g/mol. The van der Waals surface area contributed by atoms with Crippen molar-refractivity contribution in [3.8, 4) is 0 Å². The summed E-state index contributed by atoms with van der Waals surface area (Å²) in [6.45, 7) is 5.44. The first-order chi connectivity index (χ1) is 7.13. The standard InChI is InChI=1S/C13H17FO/c1-3-4-5-6-13(15)11-7-10(2)8-12(14)9-11/h3,7-9,13,15H,1,4-6H2,2H3. The summed E-state index contributed by atoms with van der Waals surface area (Å²) >= 11 is 0. The molecule has 1 nitrogen and oxygen atoms in total. The fourth-order valence-electron chi connectivity index (χ4n) is 1.58. The van der Waals surface area contributed by atoms with E-state index in [0.717, 1.165) is 18.4 Å². The molecule has 1 aromatic carbocycles. The molecule has 0 bridgehead atoms. The Morgan fingerprint density at radius 2 is 2.20 bits per heavy atom. The predicted octanol–water partition coefficient (Wildman–Crippen LogP) is 3.52. The van der Waals surface area contributed by atoms with Crippen LogP contribution in [0.15, 0.2) is 30.9 Å². The molecule has 2 heteroatoms. The zero-order valence-electron chi connectivity index (χ0n) is 9.04. The summed E-state index contributed by atoms with van der Waals surface area (Å²) in [5.41, 5.74) is 1.50. The third-order valence-corrected chi connectivity index (χ3v) is 2.34. The highest BCUT2D eigenvalue weighted by atomic mass is 19.1. The quantitative estimate of drug-likeness (QED) is 0.579. The Balaban J connectivity index is 2.64. The Hall–Kier alpha value is -1.15. The number of rotatable bonds is 5. The Morgan fingerprint density at radius 3 is 2.80 bits per heavy atom. The summed E-state index contributed by atoms with van der Waals surface area (Å²) in [5.74, 6) is -0.284. The molecule has 0 amide bonds. The minimum atomic E-state index is -0.570. The van der Waals surface area contributed by atoms with Crippen molar-refractivity contribution in [1.82, 2.24) is 0 Å². The van der Waals surface area contributed by atoms with Gasteiger partial charge in [0.1, 0.15) is 5.82 Å². The van der Waals surface area contributed by atoms with Crippen LogP contribution in [0, 0.1) is 12.7 Å². The Morgan fingerprint density at radius 1 is 1.47 bits per heavy atom. The van der Waals surface area contributed by atoms with Crippen molar-refractivity contribution in [3.05, 3.63) is 47.8 Å². The molecule has 15 heavy (non-hydrogen) atoms. The molecule has 1 rings (SSSR count). The van der Waals surface area contributed by atoms with Gasteiger partial charge in [-0.2, -0.15) is 0 Å². The number of benzene rings is 1. The highest BCUT2D eigenvalue weighted by Gasteiger charge is 2.08. The second kappa shape index (κ2) is 5.66. The van der Waals surface area contributed by atoms with E-state index in [1.165, 1.54) is 12.1 Å². The first kappa shape index (κ1) is 11.9. The highest BCUT2D eigenvalue weighted by Crippen LogP contribution is 2.21.